The van der Waals surface area contributed by atoms with E-state index in [0.717, 1.165) is 4.48 Å². The molecule has 0 aromatic carbocycles. The average Bonchev–Trinajstić information content (AvgIpc) is 1.86. The summed E-state index contributed by atoms with van der Waals surface area (Å²) in [6, 6.07) is 0. The molecule has 0 saturated heterocycles. The number of rotatable bonds is 3. The quantitative estimate of drug-likeness (QED) is 0.336. The fourth-order valence-corrected chi connectivity index (χ4v) is 0.695. The number of halogens is 2. The van der Waals surface area contributed by atoms with E-state index in [1.807, 2.05) is 13.0 Å². The highest BCUT2D eigenvalue weighted by Gasteiger charge is 1.94. The monoisotopic (exact) mass is 326 g/mol. The van der Waals surface area contributed by atoms with Gasteiger partial charge in [-0.3, -0.25) is 4.79 Å². The van der Waals surface area contributed by atoms with Gasteiger partial charge in [0.15, 0.2) is 0 Å². The molecule has 0 unspecified atom stereocenters. The molecule has 0 bridgehead atoms. The fourth-order valence-electron chi connectivity index (χ4n) is 0.362. The summed E-state index contributed by atoms with van der Waals surface area (Å²) in [6.07, 6.45) is 5.31. The Kier molecular flexibility index (Phi) is 5.76. The van der Waals surface area contributed by atoms with Gasteiger partial charge in [-0.25, -0.2) is 0 Å². The second-order valence-electron chi connectivity index (χ2n) is 1.91. The van der Waals surface area contributed by atoms with E-state index in [9.17, 15) is 4.79 Å². The van der Waals surface area contributed by atoms with Crippen molar-refractivity contribution in [3.8, 4) is 0 Å². The minimum Gasteiger partial charge on any atom is -0.282 e. The Morgan fingerprint density at radius 2 is 2.18 bits per heavy atom. The van der Waals surface area contributed by atoms with Gasteiger partial charge in [0.05, 0.1) is 0 Å². The third kappa shape index (κ3) is 6.50. The maximum Gasteiger partial charge on any atom is 0.221 e. The van der Waals surface area contributed by atoms with Crippen LogP contribution in [-0.2, 0) is 4.79 Å². The molecule has 0 saturated carbocycles. The maximum absolute atomic E-state index is 10.6. The average molecular weight is 327 g/mol. The van der Waals surface area contributed by atoms with E-state index in [0.29, 0.717) is 5.57 Å². The van der Waals surface area contributed by atoms with Crippen LogP contribution in [0.1, 0.15) is 6.92 Å². The van der Waals surface area contributed by atoms with Gasteiger partial charge in [0.1, 0.15) is 0 Å². The first-order chi connectivity index (χ1) is 5.04. The van der Waals surface area contributed by atoms with Crippen molar-refractivity contribution in [3.05, 3.63) is 34.9 Å². The molecule has 0 fully saturated rings. The number of carbonyl (C=O) groups excluding carboxylic acids is 1. The topological polar surface area (TPSA) is 17.1 Å². The molecule has 0 aliphatic rings. The predicted octanol–water partition coefficient (Wildman–Crippen LogP) is 3.36. The first-order valence-electron chi connectivity index (χ1n) is 2.93. The Hall–Kier alpha value is 0.1000. The smallest absolute Gasteiger partial charge is 0.221 e. The molecule has 0 N–H and O–H groups in total. The van der Waals surface area contributed by atoms with E-state index in [1.165, 1.54) is 0 Å². The van der Waals surface area contributed by atoms with Crippen LogP contribution in [0.15, 0.2) is 34.9 Å². The Morgan fingerprint density at radius 1 is 1.64 bits per heavy atom. The largest absolute Gasteiger partial charge is 0.282 e. The number of allylic oxidation sites excluding steroid dienone is 5. The lowest BCUT2D eigenvalue weighted by Crippen LogP contribution is -1.83. The molecule has 0 atom stereocenters. The number of hydrogen-bond acceptors (Lipinski definition) is 1. The normalized spacial score (nSPS) is 12.1. The Bertz CT molecular complexity index is 224. The summed E-state index contributed by atoms with van der Waals surface area (Å²) in [5, 5.41) is 0. The standard InChI is InChI=1S/C8H8BrIO/c1-6(8(10)11)4-3-5-7(2)9/h3-5H,1H2,2H3/b4-3-,7-5+. The molecule has 0 aliphatic heterocycles. The lowest BCUT2D eigenvalue weighted by atomic mass is 10.3. The van der Waals surface area contributed by atoms with Crippen LogP contribution >= 0.6 is 38.5 Å². The summed E-state index contributed by atoms with van der Waals surface area (Å²) >= 11 is 4.96. The van der Waals surface area contributed by atoms with Crippen molar-refractivity contribution in [3.63, 3.8) is 0 Å². The molecule has 0 heterocycles. The lowest BCUT2D eigenvalue weighted by molar-refractivity contribution is -0.106. The maximum atomic E-state index is 10.6. The second kappa shape index (κ2) is 5.71. The Labute approximate surface area is 88.5 Å². The number of hydrogen-bond donors (Lipinski definition) is 0. The third-order valence-electron chi connectivity index (χ3n) is 0.876. The molecular weight excluding hydrogens is 319 g/mol. The van der Waals surface area contributed by atoms with Gasteiger partial charge in [-0.05, 0) is 11.4 Å². The van der Waals surface area contributed by atoms with Crippen LogP contribution in [-0.4, -0.2) is 3.79 Å². The highest BCUT2D eigenvalue weighted by molar-refractivity contribution is 14.1. The van der Waals surface area contributed by atoms with Gasteiger partial charge >= 0.3 is 0 Å². The fraction of sp³-hybridized carbons (Fsp3) is 0.125. The second-order valence-corrected chi connectivity index (χ2v) is 4.14. The molecule has 0 spiro atoms. The van der Waals surface area contributed by atoms with Crippen molar-refractivity contribution < 1.29 is 4.79 Å². The van der Waals surface area contributed by atoms with Crippen molar-refractivity contribution in [2.75, 3.05) is 0 Å². The van der Waals surface area contributed by atoms with E-state index in [1.54, 1.807) is 34.7 Å². The molecule has 0 aliphatic carbocycles. The van der Waals surface area contributed by atoms with E-state index in [-0.39, 0.29) is 3.79 Å². The number of carbonyl (C=O) groups is 1. The summed E-state index contributed by atoms with van der Waals surface area (Å²) in [4.78, 5) is 10.6. The van der Waals surface area contributed by atoms with Gasteiger partial charge in [-0.15, -0.1) is 0 Å². The minimum absolute atomic E-state index is 0.0283. The molecule has 11 heavy (non-hydrogen) atoms. The van der Waals surface area contributed by atoms with Gasteiger partial charge in [-0.2, -0.15) is 0 Å². The van der Waals surface area contributed by atoms with Gasteiger partial charge in [0.25, 0.3) is 0 Å². The molecule has 0 radical (unpaired) electrons. The van der Waals surface area contributed by atoms with Crippen LogP contribution in [0.4, 0.5) is 0 Å². The van der Waals surface area contributed by atoms with Crippen molar-refractivity contribution in [1.29, 1.82) is 0 Å². The van der Waals surface area contributed by atoms with Crippen LogP contribution in [0.3, 0.4) is 0 Å². The van der Waals surface area contributed by atoms with Crippen molar-refractivity contribution >= 4 is 42.3 Å². The van der Waals surface area contributed by atoms with Gasteiger partial charge < -0.3 is 0 Å². The first kappa shape index (κ1) is 11.1. The highest BCUT2D eigenvalue weighted by Crippen LogP contribution is 2.05. The predicted molar refractivity (Wildman–Crippen MR) is 60.0 cm³/mol. The zero-order valence-electron chi connectivity index (χ0n) is 6.10. The summed E-state index contributed by atoms with van der Waals surface area (Å²) in [6.45, 7) is 5.48. The van der Waals surface area contributed by atoms with Gasteiger partial charge in [-0.1, -0.05) is 40.7 Å². The minimum atomic E-state index is -0.0283. The molecule has 3 heteroatoms. The summed E-state index contributed by atoms with van der Waals surface area (Å²) in [7, 11) is 0. The summed E-state index contributed by atoms with van der Waals surface area (Å²) < 4.78 is 0.988. The first-order valence-corrected chi connectivity index (χ1v) is 4.80. The molecular formula is C8H8BrIO. The molecule has 60 valence electrons. The van der Waals surface area contributed by atoms with Crippen molar-refractivity contribution in [2.45, 2.75) is 6.92 Å². The molecule has 1 nitrogen and oxygen atoms in total. The third-order valence-corrected chi connectivity index (χ3v) is 1.83. The Morgan fingerprint density at radius 3 is 2.55 bits per heavy atom. The summed E-state index contributed by atoms with van der Waals surface area (Å²) in [5.41, 5.74) is 0.510. The molecule has 0 aromatic heterocycles. The molecule has 0 amide bonds. The molecule has 0 rings (SSSR count). The van der Waals surface area contributed by atoms with Crippen LogP contribution in [0, 0.1) is 0 Å². The van der Waals surface area contributed by atoms with E-state index >= 15 is 0 Å². The van der Waals surface area contributed by atoms with Gasteiger partial charge in [0.2, 0.25) is 3.79 Å². The zero-order valence-corrected chi connectivity index (χ0v) is 9.85. The summed E-state index contributed by atoms with van der Waals surface area (Å²) in [5.74, 6) is 0. The van der Waals surface area contributed by atoms with E-state index in [2.05, 4.69) is 22.5 Å². The zero-order chi connectivity index (χ0) is 8.85. The SMILES string of the molecule is C=C(/C=C\C=C(/C)Br)C(=O)I. The van der Waals surface area contributed by atoms with Crippen molar-refractivity contribution in [2.24, 2.45) is 0 Å². The van der Waals surface area contributed by atoms with Crippen LogP contribution in [0.2, 0.25) is 0 Å². The highest BCUT2D eigenvalue weighted by atomic mass is 127. The van der Waals surface area contributed by atoms with Crippen LogP contribution < -0.4 is 0 Å². The van der Waals surface area contributed by atoms with Crippen LogP contribution in [0.5, 0.6) is 0 Å². The van der Waals surface area contributed by atoms with E-state index in [4.69, 9.17) is 0 Å². The lowest BCUT2D eigenvalue weighted by Gasteiger charge is -1.86. The van der Waals surface area contributed by atoms with Crippen molar-refractivity contribution in [1.82, 2.24) is 0 Å². The van der Waals surface area contributed by atoms with Crippen LogP contribution in [0.25, 0.3) is 0 Å². The van der Waals surface area contributed by atoms with E-state index < -0.39 is 0 Å². The van der Waals surface area contributed by atoms with Gasteiger partial charge in [0, 0.05) is 28.2 Å². The molecule has 0 aromatic rings. The Balaban J connectivity index is 4.05.